The molecule has 0 bridgehead atoms. The van der Waals surface area contributed by atoms with E-state index in [1.807, 2.05) is 30.3 Å². The van der Waals surface area contributed by atoms with Crippen LogP contribution in [-0.2, 0) is 4.79 Å². The van der Waals surface area contributed by atoms with Crippen LogP contribution in [0.4, 0.5) is 5.82 Å². The molecule has 1 aliphatic rings. The van der Waals surface area contributed by atoms with Crippen LogP contribution in [0.1, 0.15) is 6.42 Å². The maximum Gasteiger partial charge on any atom is 0.229 e. The third-order valence-electron chi connectivity index (χ3n) is 3.07. The number of carbonyl (C=O) groups is 1. The molecule has 3 rings (SSSR count). The van der Waals surface area contributed by atoms with E-state index in [0.29, 0.717) is 18.8 Å². The molecular formula is C13H12BrN3O. The van der Waals surface area contributed by atoms with Crippen molar-refractivity contribution in [2.45, 2.75) is 12.5 Å². The highest BCUT2D eigenvalue weighted by Gasteiger charge is 2.28. The summed E-state index contributed by atoms with van der Waals surface area (Å²) in [6.07, 6.45) is 0.403. The smallest absolute Gasteiger partial charge is 0.229 e. The number of fused-ring (bicyclic) bond motifs is 1. The molecule has 2 aromatic rings. The molecule has 2 N–H and O–H groups in total. The van der Waals surface area contributed by atoms with Crippen molar-refractivity contribution in [3.8, 4) is 0 Å². The van der Waals surface area contributed by atoms with Crippen molar-refractivity contribution in [3.63, 3.8) is 0 Å². The number of carbonyl (C=O) groups excluding carboxylic acids is 1. The van der Waals surface area contributed by atoms with Gasteiger partial charge in [-0.2, -0.15) is 0 Å². The Morgan fingerprint density at radius 1 is 1.33 bits per heavy atom. The lowest BCUT2D eigenvalue weighted by atomic mass is 10.2. The summed E-state index contributed by atoms with van der Waals surface area (Å²) >= 11 is 3.43. The molecule has 4 nitrogen and oxygen atoms in total. The number of hydrogen-bond donors (Lipinski definition) is 1. The molecule has 1 fully saturated rings. The molecule has 2 heterocycles. The van der Waals surface area contributed by atoms with Gasteiger partial charge in [-0.05, 0) is 30.3 Å². The Kier molecular flexibility index (Phi) is 2.80. The number of benzene rings is 1. The van der Waals surface area contributed by atoms with Crippen molar-refractivity contribution in [1.82, 2.24) is 4.98 Å². The number of nitrogens with zero attached hydrogens (tertiary/aromatic N) is 2. The standard InChI is InChI=1S/C13H12BrN3O/c14-9-2-3-11-8(5-9)1-4-12(16-11)17-7-10(15)6-13(17)18/h1-5,10H,6-7,15H2. The maximum atomic E-state index is 11.8. The first-order chi connectivity index (χ1) is 8.63. The van der Waals surface area contributed by atoms with Gasteiger partial charge in [-0.25, -0.2) is 4.98 Å². The fourth-order valence-corrected chi connectivity index (χ4v) is 2.57. The Hall–Kier alpha value is -1.46. The lowest BCUT2D eigenvalue weighted by molar-refractivity contribution is -0.117. The average Bonchev–Trinajstić information content (AvgIpc) is 2.68. The SMILES string of the molecule is NC1CC(=O)N(c2ccc3cc(Br)ccc3n2)C1. The van der Waals surface area contributed by atoms with Crippen molar-refractivity contribution in [2.75, 3.05) is 11.4 Å². The number of aromatic nitrogens is 1. The lowest BCUT2D eigenvalue weighted by Gasteiger charge is -2.15. The second kappa shape index (κ2) is 4.33. The van der Waals surface area contributed by atoms with E-state index in [2.05, 4.69) is 20.9 Å². The highest BCUT2D eigenvalue weighted by Crippen LogP contribution is 2.24. The highest BCUT2D eigenvalue weighted by molar-refractivity contribution is 9.10. The van der Waals surface area contributed by atoms with Crippen LogP contribution >= 0.6 is 15.9 Å². The van der Waals surface area contributed by atoms with Crippen molar-refractivity contribution in [1.29, 1.82) is 0 Å². The van der Waals surface area contributed by atoms with Gasteiger partial charge in [-0.15, -0.1) is 0 Å². The molecule has 0 aliphatic carbocycles. The zero-order chi connectivity index (χ0) is 12.7. The summed E-state index contributed by atoms with van der Waals surface area (Å²) in [4.78, 5) is 17.9. The zero-order valence-corrected chi connectivity index (χ0v) is 11.2. The first-order valence-electron chi connectivity index (χ1n) is 5.76. The van der Waals surface area contributed by atoms with E-state index in [0.717, 1.165) is 15.4 Å². The van der Waals surface area contributed by atoms with Gasteiger partial charge in [-0.3, -0.25) is 9.69 Å². The van der Waals surface area contributed by atoms with E-state index in [9.17, 15) is 4.79 Å². The fraction of sp³-hybridized carbons (Fsp3) is 0.231. The normalized spacial score (nSPS) is 19.8. The fourth-order valence-electron chi connectivity index (χ4n) is 2.19. The molecule has 1 unspecified atom stereocenters. The van der Waals surface area contributed by atoms with Crippen LogP contribution in [0.3, 0.4) is 0 Å². The molecule has 5 heteroatoms. The lowest BCUT2D eigenvalue weighted by Crippen LogP contribution is -2.28. The van der Waals surface area contributed by atoms with Crippen molar-refractivity contribution in [2.24, 2.45) is 5.73 Å². The number of hydrogen-bond acceptors (Lipinski definition) is 3. The number of rotatable bonds is 1. The quantitative estimate of drug-likeness (QED) is 0.877. The molecule has 18 heavy (non-hydrogen) atoms. The predicted octanol–water partition coefficient (Wildman–Crippen LogP) is 2.06. The maximum absolute atomic E-state index is 11.8. The van der Waals surface area contributed by atoms with E-state index in [1.54, 1.807) is 4.90 Å². The molecule has 1 aromatic carbocycles. The Morgan fingerprint density at radius 2 is 2.17 bits per heavy atom. The van der Waals surface area contributed by atoms with Crippen LogP contribution in [0.2, 0.25) is 0 Å². The summed E-state index contributed by atoms with van der Waals surface area (Å²) in [5, 5.41) is 1.05. The third kappa shape index (κ3) is 2.00. The Bertz CT molecular complexity index is 629. The van der Waals surface area contributed by atoms with E-state index in [-0.39, 0.29) is 11.9 Å². The van der Waals surface area contributed by atoms with Gasteiger partial charge in [0.1, 0.15) is 5.82 Å². The first kappa shape index (κ1) is 11.6. The number of halogens is 1. The van der Waals surface area contributed by atoms with E-state index in [1.165, 1.54) is 0 Å². The van der Waals surface area contributed by atoms with Crippen LogP contribution in [0.15, 0.2) is 34.8 Å². The number of nitrogens with two attached hydrogens (primary N) is 1. The Labute approximate surface area is 113 Å². The summed E-state index contributed by atoms with van der Waals surface area (Å²) < 4.78 is 1.02. The van der Waals surface area contributed by atoms with Gasteiger partial charge < -0.3 is 5.73 Å². The van der Waals surface area contributed by atoms with Crippen molar-refractivity contribution in [3.05, 3.63) is 34.8 Å². The summed E-state index contributed by atoms with van der Waals surface area (Å²) in [6, 6.07) is 9.63. The molecule has 0 radical (unpaired) electrons. The van der Waals surface area contributed by atoms with Crippen LogP contribution in [0.5, 0.6) is 0 Å². The van der Waals surface area contributed by atoms with Gasteiger partial charge >= 0.3 is 0 Å². The number of pyridine rings is 1. The Balaban J connectivity index is 2.03. The molecule has 0 spiro atoms. The van der Waals surface area contributed by atoms with Crippen molar-refractivity contribution < 1.29 is 4.79 Å². The topological polar surface area (TPSA) is 59.2 Å². The molecule has 1 amide bonds. The summed E-state index contributed by atoms with van der Waals surface area (Å²) in [5.41, 5.74) is 6.67. The van der Waals surface area contributed by atoms with Gasteiger partial charge in [0.25, 0.3) is 0 Å². The van der Waals surface area contributed by atoms with Crippen molar-refractivity contribution >= 4 is 38.6 Å². The van der Waals surface area contributed by atoms with Gasteiger partial charge in [-0.1, -0.05) is 15.9 Å². The molecule has 1 atom stereocenters. The van der Waals surface area contributed by atoms with Gasteiger partial charge in [0.15, 0.2) is 0 Å². The van der Waals surface area contributed by atoms with Crippen LogP contribution in [0, 0.1) is 0 Å². The van der Waals surface area contributed by atoms with E-state index < -0.39 is 0 Å². The molecule has 1 saturated heterocycles. The minimum Gasteiger partial charge on any atom is -0.326 e. The van der Waals surface area contributed by atoms with Gasteiger partial charge in [0.05, 0.1) is 5.52 Å². The van der Waals surface area contributed by atoms with Crippen LogP contribution < -0.4 is 10.6 Å². The minimum absolute atomic E-state index is 0.0476. The third-order valence-corrected chi connectivity index (χ3v) is 3.56. The van der Waals surface area contributed by atoms with E-state index >= 15 is 0 Å². The largest absolute Gasteiger partial charge is 0.326 e. The highest BCUT2D eigenvalue weighted by atomic mass is 79.9. The van der Waals surface area contributed by atoms with Gasteiger partial charge in [0, 0.05) is 28.9 Å². The molecule has 92 valence electrons. The summed E-state index contributed by atoms with van der Waals surface area (Å²) in [7, 11) is 0. The van der Waals surface area contributed by atoms with Crippen LogP contribution in [-0.4, -0.2) is 23.5 Å². The minimum atomic E-state index is -0.0834. The first-order valence-corrected chi connectivity index (χ1v) is 6.55. The zero-order valence-electron chi connectivity index (χ0n) is 9.64. The summed E-state index contributed by atoms with van der Waals surface area (Å²) in [5.74, 6) is 0.731. The monoisotopic (exact) mass is 305 g/mol. The average molecular weight is 306 g/mol. The van der Waals surface area contributed by atoms with E-state index in [4.69, 9.17) is 5.73 Å². The molecular weight excluding hydrogens is 294 g/mol. The summed E-state index contributed by atoms with van der Waals surface area (Å²) in [6.45, 7) is 0.549. The van der Waals surface area contributed by atoms with Crippen LogP contribution in [0.25, 0.3) is 10.9 Å². The molecule has 1 aromatic heterocycles. The molecule has 0 saturated carbocycles. The number of amides is 1. The number of anilines is 1. The molecule has 1 aliphatic heterocycles. The van der Waals surface area contributed by atoms with Gasteiger partial charge in [0.2, 0.25) is 5.91 Å². The predicted molar refractivity (Wildman–Crippen MR) is 74.4 cm³/mol. The second-order valence-electron chi connectivity index (χ2n) is 4.48. The second-order valence-corrected chi connectivity index (χ2v) is 5.39. The Morgan fingerprint density at radius 3 is 2.89 bits per heavy atom.